The molecule has 3 heteroatoms. The van der Waals surface area contributed by atoms with Gasteiger partial charge in [0.15, 0.2) is 0 Å². The number of hydrogen-bond donors (Lipinski definition) is 2. The summed E-state index contributed by atoms with van der Waals surface area (Å²) in [5, 5.41) is 22.0. The van der Waals surface area contributed by atoms with Crippen LogP contribution in [0.4, 0.5) is 5.69 Å². The van der Waals surface area contributed by atoms with E-state index >= 15 is 0 Å². The van der Waals surface area contributed by atoms with Crippen LogP contribution in [0.2, 0.25) is 0 Å². The lowest BCUT2D eigenvalue weighted by molar-refractivity contribution is 0.0637. The maximum absolute atomic E-state index is 9.99. The van der Waals surface area contributed by atoms with Crippen molar-refractivity contribution in [3.05, 3.63) is 29.8 Å². The van der Waals surface area contributed by atoms with Crippen molar-refractivity contribution in [1.29, 1.82) is 5.26 Å². The number of benzene rings is 1. The molecule has 1 rings (SSSR count). The van der Waals surface area contributed by atoms with E-state index in [1.807, 2.05) is 25.1 Å². The second-order valence-corrected chi connectivity index (χ2v) is 4.26. The third-order valence-electron chi connectivity index (χ3n) is 2.50. The Bertz CT molecular complexity index is 380. The van der Waals surface area contributed by atoms with Gasteiger partial charge in [-0.05, 0) is 25.5 Å². The van der Waals surface area contributed by atoms with E-state index in [-0.39, 0.29) is 0 Å². The first-order valence-corrected chi connectivity index (χ1v) is 5.54. The summed E-state index contributed by atoms with van der Waals surface area (Å²) in [6.45, 7) is 4.30. The molecule has 0 heterocycles. The van der Waals surface area contributed by atoms with Crippen LogP contribution in [-0.2, 0) is 0 Å². The van der Waals surface area contributed by atoms with Gasteiger partial charge >= 0.3 is 0 Å². The molecule has 0 aromatic heterocycles. The Morgan fingerprint density at radius 3 is 2.75 bits per heavy atom. The molecule has 0 aliphatic carbocycles. The van der Waals surface area contributed by atoms with E-state index in [0.29, 0.717) is 12.1 Å². The highest BCUT2D eigenvalue weighted by molar-refractivity contribution is 5.57. The van der Waals surface area contributed by atoms with E-state index in [1.54, 1.807) is 13.0 Å². The molecule has 0 radical (unpaired) electrons. The molecule has 0 saturated carbocycles. The average molecular weight is 218 g/mol. The van der Waals surface area contributed by atoms with Crippen LogP contribution >= 0.6 is 0 Å². The first-order chi connectivity index (χ1) is 7.59. The van der Waals surface area contributed by atoms with Crippen LogP contribution in [-0.4, -0.2) is 17.3 Å². The van der Waals surface area contributed by atoms with Crippen LogP contribution < -0.4 is 5.32 Å². The van der Waals surface area contributed by atoms with Crippen molar-refractivity contribution in [2.75, 3.05) is 11.9 Å². The number of nitriles is 1. The maximum atomic E-state index is 9.99. The molecule has 1 atom stereocenters. The fraction of sp³-hybridized carbons (Fsp3) is 0.462. The van der Waals surface area contributed by atoms with Gasteiger partial charge in [-0.25, -0.2) is 0 Å². The molecule has 16 heavy (non-hydrogen) atoms. The smallest absolute Gasteiger partial charge is 0.101 e. The number of rotatable bonds is 5. The topological polar surface area (TPSA) is 56.0 Å². The molecule has 3 nitrogen and oxygen atoms in total. The molecular formula is C13H18N2O. The first kappa shape index (κ1) is 12.5. The molecular weight excluding hydrogens is 200 g/mol. The highest BCUT2D eigenvalue weighted by Gasteiger charge is 2.18. The number of para-hydroxylation sites is 1. The van der Waals surface area contributed by atoms with Crippen molar-refractivity contribution < 1.29 is 5.11 Å². The molecule has 1 unspecified atom stereocenters. The Labute approximate surface area is 96.7 Å². The Hall–Kier alpha value is -1.53. The lowest BCUT2D eigenvalue weighted by Crippen LogP contribution is -2.33. The predicted molar refractivity (Wildman–Crippen MR) is 65.2 cm³/mol. The van der Waals surface area contributed by atoms with Crippen molar-refractivity contribution in [3.8, 4) is 6.07 Å². The van der Waals surface area contributed by atoms with Gasteiger partial charge in [0.2, 0.25) is 0 Å². The van der Waals surface area contributed by atoms with E-state index in [2.05, 4.69) is 11.4 Å². The summed E-state index contributed by atoms with van der Waals surface area (Å²) < 4.78 is 0. The lowest BCUT2D eigenvalue weighted by atomic mass is 10.0. The van der Waals surface area contributed by atoms with Gasteiger partial charge in [-0.3, -0.25) is 0 Å². The quantitative estimate of drug-likeness (QED) is 0.798. The minimum absolute atomic E-state index is 0.458. The van der Waals surface area contributed by atoms with E-state index in [0.717, 1.165) is 18.5 Å². The summed E-state index contributed by atoms with van der Waals surface area (Å²) in [7, 11) is 0. The summed E-state index contributed by atoms with van der Waals surface area (Å²) in [6.07, 6.45) is 1.68. The van der Waals surface area contributed by atoms with Gasteiger partial charge in [-0.15, -0.1) is 0 Å². The number of anilines is 1. The monoisotopic (exact) mass is 218 g/mol. The molecule has 2 N–H and O–H groups in total. The normalized spacial score (nSPS) is 13.9. The van der Waals surface area contributed by atoms with Gasteiger partial charge in [-0.1, -0.05) is 25.5 Å². The van der Waals surface area contributed by atoms with Crippen molar-refractivity contribution in [3.63, 3.8) is 0 Å². The van der Waals surface area contributed by atoms with Crippen LogP contribution in [0.15, 0.2) is 24.3 Å². The third-order valence-corrected chi connectivity index (χ3v) is 2.50. The number of hydrogen-bond acceptors (Lipinski definition) is 3. The molecule has 0 amide bonds. The van der Waals surface area contributed by atoms with Crippen LogP contribution in [0.3, 0.4) is 0 Å². The molecule has 0 spiro atoms. The Kier molecular flexibility index (Phi) is 4.33. The van der Waals surface area contributed by atoms with Gasteiger partial charge < -0.3 is 10.4 Å². The Balaban J connectivity index is 2.65. The molecule has 0 saturated heterocycles. The second kappa shape index (κ2) is 5.53. The Morgan fingerprint density at radius 2 is 2.12 bits per heavy atom. The van der Waals surface area contributed by atoms with E-state index in [9.17, 15) is 5.11 Å². The lowest BCUT2D eigenvalue weighted by Gasteiger charge is -2.23. The highest BCUT2D eigenvalue weighted by Crippen LogP contribution is 2.17. The van der Waals surface area contributed by atoms with Gasteiger partial charge in [0.1, 0.15) is 6.07 Å². The minimum atomic E-state index is -0.725. The van der Waals surface area contributed by atoms with E-state index in [1.165, 1.54) is 0 Å². The number of nitrogens with zero attached hydrogens (tertiary/aromatic N) is 1. The minimum Gasteiger partial charge on any atom is -0.388 e. The van der Waals surface area contributed by atoms with Gasteiger partial charge in [0.05, 0.1) is 16.9 Å². The zero-order valence-corrected chi connectivity index (χ0v) is 9.83. The molecule has 0 aliphatic heterocycles. The largest absolute Gasteiger partial charge is 0.388 e. The van der Waals surface area contributed by atoms with Gasteiger partial charge in [0, 0.05) is 6.54 Å². The predicted octanol–water partition coefficient (Wildman–Crippen LogP) is 2.52. The number of aliphatic hydroxyl groups is 1. The zero-order valence-electron chi connectivity index (χ0n) is 9.83. The van der Waals surface area contributed by atoms with Crippen molar-refractivity contribution in [2.45, 2.75) is 32.3 Å². The van der Waals surface area contributed by atoms with E-state index < -0.39 is 5.60 Å². The molecule has 0 aliphatic rings. The molecule has 86 valence electrons. The van der Waals surface area contributed by atoms with Gasteiger partial charge in [0.25, 0.3) is 0 Å². The fourth-order valence-electron chi connectivity index (χ4n) is 1.65. The summed E-state index contributed by atoms with van der Waals surface area (Å²) in [6, 6.07) is 9.43. The third kappa shape index (κ3) is 3.56. The first-order valence-electron chi connectivity index (χ1n) is 5.54. The Morgan fingerprint density at radius 1 is 1.44 bits per heavy atom. The van der Waals surface area contributed by atoms with Crippen molar-refractivity contribution >= 4 is 5.69 Å². The van der Waals surface area contributed by atoms with E-state index in [4.69, 9.17) is 5.26 Å². The van der Waals surface area contributed by atoms with Crippen molar-refractivity contribution in [1.82, 2.24) is 0 Å². The molecule has 0 bridgehead atoms. The fourth-order valence-corrected chi connectivity index (χ4v) is 1.65. The van der Waals surface area contributed by atoms with Crippen LogP contribution in [0, 0.1) is 11.3 Å². The van der Waals surface area contributed by atoms with Crippen molar-refractivity contribution in [2.24, 2.45) is 0 Å². The standard InChI is InChI=1S/C13H18N2O/c1-3-8-13(2,16)10-15-12-7-5-4-6-11(12)9-14/h4-7,15-16H,3,8,10H2,1-2H3. The van der Waals surface area contributed by atoms with Crippen LogP contribution in [0.25, 0.3) is 0 Å². The zero-order chi connectivity index (χ0) is 12.0. The summed E-state index contributed by atoms with van der Waals surface area (Å²) in [5.74, 6) is 0. The molecule has 0 fully saturated rings. The summed E-state index contributed by atoms with van der Waals surface area (Å²) in [4.78, 5) is 0. The molecule has 1 aromatic rings. The number of nitrogens with one attached hydrogen (secondary N) is 1. The summed E-state index contributed by atoms with van der Waals surface area (Å²) >= 11 is 0. The maximum Gasteiger partial charge on any atom is 0.101 e. The van der Waals surface area contributed by atoms with Gasteiger partial charge in [-0.2, -0.15) is 5.26 Å². The van der Waals surface area contributed by atoms with Crippen LogP contribution in [0.5, 0.6) is 0 Å². The van der Waals surface area contributed by atoms with Crippen LogP contribution in [0.1, 0.15) is 32.3 Å². The average Bonchev–Trinajstić information content (AvgIpc) is 2.27. The SMILES string of the molecule is CCCC(C)(O)CNc1ccccc1C#N. The summed E-state index contributed by atoms with van der Waals surface area (Å²) in [5.41, 5.74) is 0.660. The second-order valence-electron chi connectivity index (χ2n) is 4.26. The molecule has 1 aromatic carbocycles. The highest BCUT2D eigenvalue weighted by atomic mass is 16.3.